The quantitative estimate of drug-likeness (QED) is 0.279. The van der Waals surface area contributed by atoms with Crippen LogP contribution in [0.3, 0.4) is 0 Å². The van der Waals surface area contributed by atoms with Crippen LogP contribution < -0.4 is 10.2 Å². The lowest BCUT2D eigenvalue weighted by Crippen LogP contribution is -2.19. The third-order valence-corrected chi connectivity index (χ3v) is 5.01. The SMILES string of the molecule is C/C(=N\NC(=O)c1cc2cc(Oc3ccccc3)ccc2[nH]1)c1ccc(Cl)cc1Cl. The van der Waals surface area contributed by atoms with Crippen molar-refractivity contribution in [2.45, 2.75) is 6.92 Å². The molecule has 0 aliphatic heterocycles. The number of hydrogen-bond donors (Lipinski definition) is 2. The molecule has 150 valence electrons. The van der Waals surface area contributed by atoms with Crippen LogP contribution in [0.15, 0.2) is 77.9 Å². The zero-order chi connectivity index (χ0) is 21.1. The fourth-order valence-electron chi connectivity index (χ4n) is 2.96. The summed E-state index contributed by atoms with van der Waals surface area (Å²) in [5.74, 6) is 1.07. The molecule has 0 unspecified atom stereocenters. The fraction of sp³-hybridized carbons (Fsp3) is 0.0435. The Morgan fingerprint density at radius 1 is 0.967 bits per heavy atom. The lowest BCUT2D eigenvalue weighted by Gasteiger charge is -2.05. The van der Waals surface area contributed by atoms with E-state index in [-0.39, 0.29) is 5.91 Å². The molecule has 3 aromatic carbocycles. The molecule has 0 saturated heterocycles. The Hall–Kier alpha value is -3.28. The summed E-state index contributed by atoms with van der Waals surface area (Å²) in [6, 6.07) is 22.0. The van der Waals surface area contributed by atoms with Gasteiger partial charge in [-0.1, -0.05) is 47.5 Å². The summed E-state index contributed by atoms with van der Waals surface area (Å²) in [5.41, 5.74) is 5.02. The fourth-order valence-corrected chi connectivity index (χ4v) is 3.50. The molecule has 1 aromatic heterocycles. The number of carbonyl (C=O) groups excluding carboxylic acids is 1. The van der Waals surface area contributed by atoms with Crippen molar-refractivity contribution in [1.82, 2.24) is 10.4 Å². The summed E-state index contributed by atoms with van der Waals surface area (Å²) >= 11 is 12.1. The zero-order valence-electron chi connectivity index (χ0n) is 15.9. The molecular formula is C23H17Cl2N3O2. The lowest BCUT2D eigenvalue weighted by molar-refractivity contribution is 0.0950. The highest BCUT2D eigenvalue weighted by Gasteiger charge is 2.11. The van der Waals surface area contributed by atoms with Crippen molar-refractivity contribution in [2.24, 2.45) is 5.10 Å². The van der Waals surface area contributed by atoms with Gasteiger partial charge in [-0.15, -0.1) is 0 Å². The number of para-hydroxylation sites is 1. The van der Waals surface area contributed by atoms with Crippen molar-refractivity contribution < 1.29 is 9.53 Å². The number of nitrogens with one attached hydrogen (secondary N) is 2. The predicted octanol–water partition coefficient (Wildman–Crippen LogP) is 6.42. The van der Waals surface area contributed by atoms with Gasteiger partial charge in [0.1, 0.15) is 17.2 Å². The van der Waals surface area contributed by atoms with E-state index in [9.17, 15) is 4.79 Å². The third-order valence-electron chi connectivity index (χ3n) is 4.46. The number of nitrogens with zero attached hydrogens (tertiary/aromatic N) is 1. The number of H-pyrrole nitrogens is 1. The Labute approximate surface area is 183 Å². The Kier molecular flexibility index (Phi) is 5.74. The second kappa shape index (κ2) is 8.61. The van der Waals surface area contributed by atoms with Gasteiger partial charge in [0.2, 0.25) is 0 Å². The number of carbonyl (C=O) groups is 1. The number of rotatable bonds is 5. The summed E-state index contributed by atoms with van der Waals surface area (Å²) in [7, 11) is 0. The van der Waals surface area contributed by atoms with Gasteiger partial charge in [-0.05, 0) is 55.5 Å². The number of aromatic nitrogens is 1. The smallest absolute Gasteiger partial charge is 0.287 e. The molecule has 7 heteroatoms. The highest BCUT2D eigenvalue weighted by molar-refractivity contribution is 6.37. The highest BCUT2D eigenvalue weighted by Crippen LogP contribution is 2.26. The first kappa shape index (κ1) is 20.0. The van der Waals surface area contributed by atoms with Gasteiger partial charge in [-0.25, -0.2) is 5.43 Å². The van der Waals surface area contributed by atoms with Gasteiger partial charge in [-0.2, -0.15) is 5.10 Å². The topological polar surface area (TPSA) is 66.5 Å². The minimum absolute atomic E-state index is 0.360. The van der Waals surface area contributed by atoms with Crippen LogP contribution >= 0.6 is 23.2 Å². The summed E-state index contributed by atoms with van der Waals surface area (Å²) in [5, 5.41) is 6.01. The average Bonchev–Trinajstić information content (AvgIpc) is 3.16. The molecule has 4 aromatic rings. The van der Waals surface area contributed by atoms with E-state index in [2.05, 4.69) is 15.5 Å². The number of aromatic amines is 1. The maximum Gasteiger partial charge on any atom is 0.287 e. The highest BCUT2D eigenvalue weighted by atomic mass is 35.5. The number of amides is 1. The van der Waals surface area contributed by atoms with E-state index in [1.165, 1.54) is 0 Å². The van der Waals surface area contributed by atoms with Crippen molar-refractivity contribution in [3.8, 4) is 11.5 Å². The number of hydrazone groups is 1. The number of halogens is 2. The Balaban J connectivity index is 1.50. The van der Waals surface area contributed by atoms with E-state index in [1.807, 2.05) is 48.5 Å². The zero-order valence-corrected chi connectivity index (χ0v) is 17.5. The van der Waals surface area contributed by atoms with Gasteiger partial charge < -0.3 is 9.72 Å². The van der Waals surface area contributed by atoms with Gasteiger partial charge >= 0.3 is 0 Å². The molecule has 0 aliphatic rings. The average molecular weight is 438 g/mol. The van der Waals surface area contributed by atoms with Crippen molar-refractivity contribution in [2.75, 3.05) is 0 Å². The van der Waals surface area contributed by atoms with E-state index in [0.29, 0.717) is 32.8 Å². The standard InChI is InChI=1S/C23H17Cl2N3O2/c1-14(19-9-7-16(24)13-20(19)25)27-28-23(29)22-12-15-11-18(8-10-21(15)26-22)30-17-5-3-2-4-6-17/h2-13,26H,1H3,(H,28,29)/b27-14+. The monoisotopic (exact) mass is 437 g/mol. The Morgan fingerprint density at radius 3 is 2.53 bits per heavy atom. The summed E-state index contributed by atoms with van der Waals surface area (Å²) in [6.45, 7) is 1.76. The van der Waals surface area contributed by atoms with Crippen LogP contribution in [-0.2, 0) is 0 Å². The number of ether oxygens (including phenoxy) is 1. The van der Waals surface area contributed by atoms with E-state index in [4.69, 9.17) is 27.9 Å². The summed E-state index contributed by atoms with van der Waals surface area (Å²) < 4.78 is 5.85. The van der Waals surface area contributed by atoms with Crippen molar-refractivity contribution in [3.63, 3.8) is 0 Å². The first-order chi connectivity index (χ1) is 14.5. The van der Waals surface area contributed by atoms with Gasteiger partial charge in [0, 0.05) is 21.5 Å². The normalized spacial score (nSPS) is 11.5. The van der Waals surface area contributed by atoms with Crippen LogP contribution in [0, 0.1) is 0 Å². The third kappa shape index (κ3) is 4.48. The van der Waals surface area contributed by atoms with Crippen molar-refractivity contribution in [1.29, 1.82) is 0 Å². The van der Waals surface area contributed by atoms with Crippen LogP contribution in [0.5, 0.6) is 11.5 Å². The van der Waals surface area contributed by atoms with E-state index < -0.39 is 0 Å². The molecule has 2 N–H and O–H groups in total. The van der Waals surface area contributed by atoms with E-state index in [0.717, 1.165) is 16.7 Å². The number of hydrogen-bond acceptors (Lipinski definition) is 3. The molecule has 0 aliphatic carbocycles. The minimum Gasteiger partial charge on any atom is -0.457 e. The van der Waals surface area contributed by atoms with E-state index in [1.54, 1.807) is 31.2 Å². The predicted molar refractivity (Wildman–Crippen MR) is 121 cm³/mol. The second-order valence-corrected chi connectivity index (χ2v) is 7.45. The van der Waals surface area contributed by atoms with Crippen LogP contribution in [-0.4, -0.2) is 16.6 Å². The van der Waals surface area contributed by atoms with Gasteiger partial charge in [0.25, 0.3) is 5.91 Å². The van der Waals surface area contributed by atoms with Gasteiger partial charge in [0.15, 0.2) is 0 Å². The molecule has 1 amide bonds. The molecule has 0 spiro atoms. The minimum atomic E-state index is -0.360. The first-order valence-corrected chi connectivity index (χ1v) is 9.91. The molecular weight excluding hydrogens is 421 g/mol. The number of benzene rings is 3. The number of fused-ring (bicyclic) bond motifs is 1. The maximum atomic E-state index is 12.5. The molecule has 0 radical (unpaired) electrons. The molecule has 30 heavy (non-hydrogen) atoms. The summed E-state index contributed by atoms with van der Waals surface area (Å²) in [6.07, 6.45) is 0. The van der Waals surface area contributed by atoms with E-state index >= 15 is 0 Å². The van der Waals surface area contributed by atoms with Crippen LogP contribution in [0.1, 0.15) is 23.0 Å². The summed E-state index contributed by atoms with van der Waals surface area (Å²) in [4.78, 5) is 15.6. The lowest BCUT2D eigenvalue weighted by atomic mass is 10.1. The van der Waals surface area contributed by atoms with Gasteiger partial charge in [0.05, 0.1) is 10.7 Å². The molecule has 0 bridgehead atoms. The van der Waals surface area contributed by atoms with Crippen molar-refractivity contribution >= 4 is 45.7 Å². The molecule has 0 fully saturated rings. The molecule has 0 atom stereocenters. The van der Waals surface area contributed by atoms with Crippen molar-refractivity contribution in [3.05, 3.63) is 94.1 Å². The maximum absolute atomic E-state index is 12.5. The van der Waals surface area contributed by atoms with Crippen LogP contribution in [0.25, 0.3) is 10.9 Å². The Bertz CT molecular complexity index is 1250. The van der Waals surface area contributed by atoms with Gasteiger partial charge in [-0.3, -0.25) is 4.79 Å². The second-order valence-electron chi connectivity index (χ2n) is 6.61. The largest absolute Gasteiger partial charge is 0.457 e. The molecule has 1 heterocycles. The first-order valence-electron chi connectivity index (χ1n) is 9.15. The van der Waals surface area contributed by atoms with Crippen LogP contribution in [0.4, 0.5) is 0 Å². The molecule has 4 rings (SSSR count). The molecule has 5 nitrogen and oxygen atoms in total. The Morgan fingerprint density at radius 2 is 1.77 bits per heavy atom. The molecule has 0 saturated carbocycles. The van der Waals surface area contributed by atoms with Crippen LogP contribution in [0.2, 0.25) is 10.0 Å².